The number of thiophene rings is 1. The molecule has 1 aliphatic heterocycles. The summed E-state index contributed by atoms with van der Waals surface area (Å²) < 4.78 is 0. The van der Waals surface area contributed by atoms with Gasteiger partial charge in [0.2, 0.25) is 0 Å². The molecule has 0 saturated carbocycles. The van der Waals surface area contributed by atoms with Crippen molar-refractivity contribution in [3.05, 3.63) is 93.7 Å². The van der Waals surface area contributed by atoms with Crippen LogP contribution in [0.4, 0.5) is 5.69 Å². The maximum atomic E-state index is 13.0. The number of carbonyl (C=O) groups is 2. The quantitative estimate of drug-likeness (QED) is 0.378. The van der Waals surface area contributed by atoms with Gasteiger partial charge in [-0.05, 0) is 29.1 Å². The van der Waals surface area contributed by atoms with Crippen molar-refractivity contribution in [3.8, 4) is 0 Å². The second-order valence-corrected chi connectivity index (χ2v) is 8.39. The number of amides is 1. The van der Waals surface area contributed by atoms with Gasteiger partial charge in [-0.3, -0.25) is 9.59 Å². The van der Waals surface area contributed by atoms with Gasteiger partial charge in [-0.15, -0.1) is 11.3 Å². The first-order chi connectivity index (χ1) is 14.5. The standard InChI is InChI=1S/C24H22N2O3S/c1-25(2)18-12-10-16(11-13-18)21-20(22(27)17-7-4-3-5-8-17)23(28)24(29)26(21)15-19-9-6-14-30-19/h3-14,21,27H,15H2,1-2H3/b22-20+. The van der Waals surface area contributed by atoms with E-state index in [1.54, 1.807) is 29.2 Å². The topological polar surface area (TPSA) is 60.9 Å². The van der Waals surface area contributed by atoms with E-state index in [1.165, 1.54) is 11.3 Å². The smallest absolute Gasteiger partial charge is 0.295 e. The van der Waals surface area contributed by atoms with E-state index in [2.05, 4.69) is 0 Å². The second-order valence-electron chi connectivity index (χ2n) is 7.36. The minimum absolute atomic E-state index is 0.125. The molecule has 0 aliphatic carbocycles. The molecule has 4 rings (SSSR count). The summed E-state index contributed by atoms with van der Waals surface area (Å²) in [4.78, 5) is 30.5. The van der Waals surface area contributed by atoms with Crippen LogP contribution in [0, 0.1) is 0 Å². The fourth-order valence-corrected chi connectivity index (χ4v) is 4.37. The third kappa shape index (κ3) is 3.62. The number of rotatable bonds is 5. The van der Waals surface area contributed by atoms with Gasteiger partial charge in [0.1, 0.15) is 5.76 Å². The molecule has 3 aromatic rings. The molecule has 1 unspecified atom stereocenters. The molecule has 6 heteroatoms. The Hall–Kier alpha value is -3.38. The monoisotopic (exact) mass is 418 g/mol. The van der Waals surface area contributed by atoms with Crippen LogP contribution in [-0.4, -0.2) is 35.8 Å². The average Bonchev–Trinajstić information content (AvgIpc) is 3.36. The van der Waals surface area contributed by atoms with Crippen LogP contribution in [0.5, 0.6) is 0 Å². The summed E-state index contributed by atoms with van der Waals surface area (Å²) >= 11 is 1.53. The van der Waals surface area contributed by atoms with Gasteiger partial charge in [0.25, 0.3) is 11.7 Å². The first kappa shape index (κ1) is 19.9. The van der Waals surface area contributed by atoms with Crippen molar-refractivity contribution in [1.82, 2.24) is 4.90 Å². The number of anilines is 1. The molecule has 30 heavy (non-hydrogen) atoms. The van der Waals surface area contributed by atoms with E-state index in [0.29, 0.717) is 12.1 Å². The molecular weight excluding hydrogens is 396 g/mol. The fraction of sp³-hybridized carbons (Fsp3) is 0.167. The summed E-state index contributed by atoms with van der Waals surface area (Å²) in [5, 5.41) is 12.9. The van der Waals surface area contributed by atoms with Gasteiger partial charge in [0.15, 0.2) is 0 Å². The highest BCUT2D eigenvalue weighted by Gasteiger charge is 2.46. The van der Waals surface area contributed by atoms with Crippen LogP contribution in [0.15, 0.2) is 77.7 Å². The molecule has 1 aliphatic rings. The number of aliphatic hydroxyl groups is 1. The Kier molecular flexibility index (Phi) is 5.42. The lowest BCUT2D eigenvalue weighted by Gasteiger charge is -2.25. The predicted molar refractivity (Wildman–Crippen MR) is 119 cm³/mol. The summed E-state index contributed by atoms with van der Waals surface area (Å²) in [5.74, 6) is -1.40. The van der Waals surface area contributed by atoms with Crippen molar-refractivity contribution < 1.29 is 14.7 Å². The van der Waals surface area contributed by atoms with Crippen molar-refractivity contribution in [3.63, 3.8) is 0 Å². The molecule has 1 aromatic heterocycles. The van der Waals surface area contributed by atoms with Crippen molar-refractivity contribution >= 4 is 34.5 Å². The van der Waals surface area contributed by atoms with Gasteiger partial charge in [-0.1, -0.05) is 48.5 Å². The molecule has 152 valence electrons. The highest BCUT2D eigenvalue weighted by Crippen LogP contribution is 2.40. The van der Waals surface area contributed by atoms with Crippen molar-refractivity contribution in [2.24, 2.45) is 0 Å². The molecule has 2 aromatic carbocycles. The summed E-state index contributed by atoms with van der Waals surface area (Å²) in [7, 11) is 3.90. The Morgan fingerprint density at radius 2 is 1.70 bits per heavy atom. The zero-order chi connectivity index (χ0) is 21.3. The largest absolute Gasteiger partial charge is 0.507 e. The number of aliphatic hydroxyl groups excluding tert-OH is 1. The van der Waals surface area contributed by atoms with Crippen LogP contribution >= 0.6 is 11.3 Å². The van der Waals surface area contributed by atoms with E-state index >= 15 is 0 Å². The fourth-order valence-electron chi connectivity index (χ4n) is 3.67. The van der Waals surface area contributed by atoms with Gasteiger partial charge in [0.05, 0.1) is 18.2 Å². The first-order valence-corrected chi connectivity index (χ1v) is 10.5. The Morgan fingerprint density at radius 3 is 2.30 bits per heavy atom. The minimum Gasteiger partial charge on any atom is -0.507 e. The van der Waals surface area contributed by atoms with Gasteiger partial charge >= 0.3 is 0 Å². The summed E-state index contributed by atoms with van der Waals surface area (Å²) in [6.07, 6.45) is 0. The molecule has 1 amide bonds. The molecule has 1 saturated heterocycles. The van der Waals surface area contributed by atoms with Crippen LogP contribution in [0.25, 0.3) is 5.76 Å². The van der Waals surface area contributed by atoms with Crippen molar-refractivity contribution in [1.29, 1.82) is 0 Å². The molecule has 5 nitrogen and oxygen atoms in total. The molecule has 1 fully saturated rings. The van der Waals surface area contributed by atoms with Gasteiger partial charge in [-0.2, -0.15) is 0 Å². The summed E-state index contributed by atoms with van der Waals surface area (Å²) in [6, 6.07) is 19.8. The Bertz CT molecular complexity index is 1090. The molecule has 0 radical (unpaired) electrons. The number of hydrogen-bond acceptors (Lipinski definition) is 5. The lowest BCUT2D eigenvalue weighted by Crippen LogP contribution is -2.28. The highest BCUT2D eigenvalue weighted by atomic mass is 32.1. The molecular formula is C24H22N2O3S. The average molecular weight is 419 g/mol. The molecule has 0 spiro atoms. The van der Waals surface area contributed by atoms with E-state index in [-0.39, 0.29) is 11.3 Å². The molecule has 1 N–H and O–H groups in total. The van der Waals surface area contributed by atoms with Crippen LogP contribution in [0.1, 0.15) is 22.0 Å². The molecule has 0 bridgehead atoms. The van der Waals surface area contributed by atoms with E-state index in [9.17, 15) is 14.7 Å². The lowest BCUT2D eigenvalue weighted by molar-refractivity contribution is -0.140. The first-order valence-electron chi connectivity index (χ1n) is 9.61. The van der Waals surface area contributed by atoms with E-state index < -0.39 is 17.7 Å². The van der Waals surface area contributed by atoms with Gasteiger partial charge in [-0.25, -0.2) is 0 Å². The predicted octanol–water partition coefficient (Wildman–Crippen LogP) is 4.44. The number of likely N-dealkylation sites (tertiary alicyclic amines) is 1. The lowest BCUT2D eigenvalue weighted by atomic mass is 9.95. The second kappa shape index (κ2) is 8.16. The zero-order valence-electron chi connectivity index (χ0n) is 16.8. The van der Waals surface area contributed by atoms with E-state index in [1.807, 2.05) is 66.8 Å². The summed E-state index contributed by atoms with van der Waals surface area (Å²) in [5.41, 5.74) is 2.44. The normalized spacial score (nSPS) is 18.1. The van der Waals surface area contributed by atoms with Crippen molar-refractivity contribution in [2.75, 3.05) is 19.0 Å². The van der Waals surface area contributed by atoms with Crippen LogP contribution < -0.4 is 4.90 Å². The van der Waals surface area contributed by atoms with Gasteiger partial charge < -0.3 is 14.9 Å². The maximum Gasteiger partial charge on any atom is 0.295 e. The van der Waals surface area contributed by atoms with Crippen LogP contribution in [0.2, 0.25) is 0 Å². The maximum absolute atomic E-state index is 13.0. The van der Waals surface area contributed by atoms with Crippen LogP contribution in [-0.2, 0) is 16.1 Å². The van der Waals surface area contributed by atoms with Gasteiger partial charge in [0, 0.05) is 30.2 Å². The third-order valence-electron chi connectivity index (χ3n) is 5.22. The number of carbonyl (C=O) groups excluding carboxylic acids is 2. The number of Topliss-reactive ketones (excluding diaryl/α,β-unsaturated/α-hetero) is 1. The van der Waals surface area contributed by atoms with Crippen molar-refractivity contribution in [2.45, 2.75) is 12.6 Å². The summed E-state index contributed by atoms with van der Waals surface area (Å²) in [6.45, 7) is 0.313. The molecule has 1 atom stereocenters. The molecule has 2 heterocycles. The number of benzene rings is 2. The third-order valence-corrected chi connectivity index (χ3v) is 6.08. The zero-order valence-corrected chi connectivity index (χ0v) is 17.6. The SMILES string of the molecule is CN(C)c1ccc(C2/C(=C(\O)c3ccccc3)C(=O)C(=O)N2Cc2cccs2)cc1. The Labute approximate surface area is 179 Å². The van der Waals surface area contributed by atoms with E-state index in [0.717, 1.165) is 16.1 Å². The number of ketones is 1. The Balaban J connectivity index is 1.85. The van der Waals surface area contributed by atoms with Crippen LogP contribution in [0.3, 0.4) is 0 Å². The Morgan fingerprint density at radius 1 is 1.00 bits per heavy atom. The van der Waals surface area contributed by atoms with E-state index in [4.69, 9.17) is 0 Å². The number of hydrogen-bond donors (Lipinski definition) is 1. The number of nitrogens with zero attached hydrogens (tertiary/aromatic N) is 2. The highest BCUT2D eigenvalue weighted by molar-refractivity contribution is 7.09. The minimum atomic E-state index is -0.658.